The second-order valence-corrected chi connectivity index (χ2v) is 12.0. The third kappa shape index (κ3) is 5.59. The van der Waals surface area contributed by atoms with Crippen molar-refractivity contribution in [2.24, 2.45) is 5.41 Å². The lowest BCUT2D eigenvalue weighted by molar-refractivity contribution is -0.140. The zero-order valence-corrected chi connectivity index (χ0v) is 23.9. The van der Waals surface area contributed by atoms with Gasteiger partial charge in [-0.1, -0.05) is 44.2 Å². The van der Waals surface area contributed by atoms with Crippen molar-refractivity contribution in [3.8, 4) is 16.3 Å². The molecule has 1 aromatic carbocycles. The Morgan fingerprint density at radius 1 is 1.23 bits per heavy atom. The molecule has 0 saturated heterocycles. The number of fused-ring (bicyclic) bond motifs is 1. The highest BCUT2D eigenvalue weighted by molar-refractivity contribution is 7.14. The van der Waals surface area contributed by atoms with Crippen molar-refractivity contribution in [3.05, 3.63) is 62.8 Å². The van der Waals surface area contributed by atoms with E-state index in [-0.39, 0.29) is 41.6 Å². The standard InChI is InChI=1S/C28H34FN5O4S/c1-7-28(4,5)27(38)32(6)13-19-14-33-15-20(23(35)24(36)22(33)26(37)34(19)16(2)3)25-31-30-21(39-25)12-17-8-10-18(29)11-9-17/h8-11,15-16,19,36H,7,12-14H2,1-6H3/t19-/m1/s1. The first kappa shape index (κ1) is 28.4. The zero-order valence-electron chi connectivity index (χ0n) is 23.1. The van der Waals surface area contributed by atoms with Gasteiger partial charge in [0.05, 0.1) is 11.6 Å². The molecule has 0 unspecified atom stereocenters. The highest BCUT2D eigenvalue weighted by Crippen LogP contribution is 2.31. The van der Waals surface area contributed by atoms with Crippen molar-refractivity contribution in [1.82, 2.24) is 24.6 Å². The number of nitrogens with zero attached hydrogens (tertiary/aromatic N) is 5. The summed E-state index contributed by atoms with van der Waals surface area (Å²) in [5.74, 6) is -1.44. The fraction of sp³-hybridized carbons (Fsp3) is 0.464. The van der Waals surface area contributed by atoms with Crippen molar-refractivity contribution in [3.63, 3.8) is 0 Å². The summed E-state index contributed by atoms with van der Waals surface area (Å²) in [5.41, 5.74) is -0.324. The van der Waals surface area contributed by atoms with Crippen molar-refractivity contribution < 1.29 is 19.1 Å². The van der Waals surface area contributed by atoms with Gasteiger partial charge in [0.15, 0.2) is 16.5 Å². The second kappa shape index (κ2) is 10.9. The minimum Gasteiger partial charge on any atom is -0.503 e. The summed E-state index contributed by atoms with van der Waals surface area (Å²) in [5, 5.41) is 20.2. The quantitative estimate of drug-likeness (QED) is 0.451. The van der Waals surface area contributed by atoms with E-state index in [2.05, 4.69) is 10.2 Å². The normalized spacial score (nSPS) is 15.5. The number of amides is 2. The number of hydrogen-bond donors (Lipinski definition) is 1. The Bertz CT molecular complexity index is 1450. The van der Waals surface area contributed by atoms with E-state index in [1.165, 1.54) is 23.5 Å². The number of carbonyl (C=O) groups excluding carboxylic acids is 2. The molecule has 2 aromatic heterocycles. The minimum atomic E-state index is -0.696. The van der Waals surface area contributed by atoms with Gasteiger partial charge in [-0.2, -0.15) is 0 Å². The molecule has 0 radical (unpaired) electrons. The molecule has 1 N–H and O–H groups in total. The van der Waals surface area contributed by atoms with E-state index in [1.807, 2.05) is 34.6 Å². The summed E-state index contributed by atoms with van der Waals surface area (Å²) >= 11 is 1.20. The van der Waals surface area contributed by atoms with Crippen LogP contribution in [0.25, 0.3) is 10.6 Å². The van der Waals surface area contributed by atoms with Crippen LogP contribution in [0.5, 0.6) is 5.75 Å². The van der Waals surface area contributed by atoms with E-state index in [0.29, 0.717) is 29.4 Å². The third-order valence-corrected chi connectivity index (χ3v) is 8.27. The topological polar surface area (TPSA) is 109 Å². The molecule has 1 atom stereocenters. The number of hydrogen-bond acceptors (Lipinski definition) is 7. The van der Waals surface area contributed by atoms with Gasteiger partial charge < -0.3 is 19.5 Å². The SMILES string of the molecule is CCC(C)(C)C(=O)N(C)C[C@@H]1Cn2cc(-c3nnc(Cc4ccc(F)cc4)s3)c(=O)c(O)c2C(=O)N1C(C)C. The first-order chi connectivity index (χ1) is 18.3. The number of halogens is 1. The second-order valence-electron chi connectivity index (χ2n) is 10.9. The average molecular weight is 556 g/mol. The van der Waals surface area contributed by atoms with E-state index < -0.39 is 22.5 Å². The zero-order chi connectivity index (χ0) is 28.6. The van der Waals surface area contributed by atoms with Gasteiger partial charge in [0, 0.05) is 44.2 Å². The summed E-state index contributed by atoms with van der Waals surface area (Å²) in [6, 6.07) is 5.47. The monoisotopic (exact) mass is 555 g/mol. The van der Waals surface area contributed by atoms with Crippen molar-refractivity contribution >= 4 is 23.2 Å². The molecule has 0 bridgehead atoms. The maximum Gasteiger partial charge on any atom is 0.275 e. The molecule has 0 aliphatic carbocycles. The third-order valence-electron chi connectivity index (χ3n) is 7.31. The maximum atomic E-state index is 13.6. The van der Waals surface area contributed by atoms with Crippen LogP contribution in [0.15, 0.2) is 35.3 Å². The van der Waals surface area contributed by atoms with E-state index >= 15 is 0 Å². The van der Waals surface area contributed by atoms with Crippen molar-refractivity contribution in [1.29, 1.82) is 0 Å². The Balaban J connectivity index is 1.67. The lowest BCUT2D eigenvalue weighted by Crippen LogP contribution is -2.57. The molecular weight excluding hydrogens is 521 g/mol. The number of pyridine rings is 1. The van der Waals surface area contributed by atoms with Crippen LogP contribution in [-0.4, -0.2) is 67.2 Å². The number of aromatic hydroxyl groups is 1. The fourth-order valence-electron chi connectivity index (χ4n) is 4.85. The Morgan fingerprint density at radius 2 is 1.90 bits per heavy atom. The number of carbonyl (C=O) groups is 2. The summed E-state index contributed by atoms with van der Waals surface area (Å²) in [7, 11) is 1.73. The number of rotatable bonds is 8. The largest absolute Gasteiger partial charge is 0.503 e. The Labute approximate surface area is 230 Å². The van der Waals surface area contributed by atoms with Crippen LogP contribution in [0.2, 0.25) is 0 Å². The highest BCUT2D eigenvalue weighted by atomic mass is 32.1. The molecule has 2 amide bonds. The summed E-state index contributed by atoms with van der Waals surface area (Å²) < 4.78 is 14.8. The van der Waals surface area contributed by atoms with Gasteiger partial charge in [-0.15, -0.1) is 10.2 Å². The van der Waals surface area contributed by atoms with Gasteiger partial charge in [0.1, 0.15) is 10.8 Å². The smallest absolute Gasteiger partial charge is 0.275 e. The van der Waals surface area contributed by atoms with Gasteiger partial charge in [0.2, 0.25) is 11.3 Å². The molecule has 1 aliphatic rings. The van der Waals surface area contributed by atoms with Gasteiger partial charge in [-0.25, -0.2) is 4.39 Å². The molecule has 0 spiro atoms. The van der Waals surface area contributed by atoms with Crippen molar-refractivity contribution in [2.45, 2.75) is 66.1 Å². The van der Waals surface area contributed by atoms with Crippen LogP contribution in [0.3, 0.4) is 0 Å². The van der Waals surface area contributed by atoms with Gasteiger partial charge in [0.25, 0.3) is 5.91 Å². The molecular formula is C28H34FN5O4S. The van der Waals surface area contributed by atoms with Gasteiger partial charge in [-0.05, 0) is 38.0 Å². The predicted octanol–water partition coefficient (Wildman–Crippen LogP) is 3.93. The Morgan fingerprint density at radius 3 is 2.51 bits per heavy atom. The fourth-order valence-corrected chi connectivity index (χ4v) is 5.73. The lowest BCUT2D eigenvalue weighted by Gasteiger charge is -2.42. The molecule has 0 fully saturated rings. The van der Waals surface area contributed by atoms with Gasteiger partial charge >= 0.3 is 0 Å². The first-order valence-electron chi connectivity index (χ1n) is 13.0. The molecule has 3 aromatic rings. The number of benzene rings is 1. The van der Waals surface area contributed by atoms with E-state index in [0.717, 1.165) is 5.56 Å². The molecule has 208 valence electrons. The summed E-state index contributed by atoms with van der Waals surface area (Å²) in [6.45, 7) is 10.1. The van der Waals surface area contributed by atoms with Crippen molar-refractivity contribution in [2.75, 3.05) is 13.6 Å². The summed E-state index contributed by atoms with van der Waals surface area (Å²) in [4.78, 5) is 43.1. The minimum absolute atomic E-state index is 0.0158. The molecule has 0 saturated carbocycles. The van der Waals surface area contributed by atoms with E-state index in [1.54, 1.807) is 39.7 Å². The van der Waals surface area contributed by atoms with Crippen LogP contribution < -0.4 is 5.43 Å². The van der Waals surface area contributed by atoms with Crippen LogP contribution in [0, 0.1) is 11.2 Å². The average Bonchev–Trinajstić information content (AvgIpc) is 3.34. The highest BCUT2D eigenvalue weighted by Gasteiger charge is 2.39. The number of likely N-dealkylation sites (N-methyl/N-ethyl adjacent to an activating group) is 1. The first-order valence-corrected chi connectivity index (χ1v) is 13.8. The van der Waals surface area contributed by atoms with Crippen LogP contribution in [0.4, 0.5) is 4.39 Å². The molecule has 4 rings (SSSR count). The summed E-state index contributed by atoms with van der Waals surface area (Å²) in [6.07, 6.45) is 2.63. The predicted molar refractivity (Wildman–Crippen MR) is 147 cm³/mol. The maximum absolute atomic E-state index is 13.6. The lowest BCUT2D eigenvalue weighted by atomic mass is 9.88. The van der Waals surface area contributed by atoms with E-state index in [9.17, 15) is 23.9 Å². The molecule has 11 heteroatoms. The molecule has 39 heavy (non-hydrogen) atoms. The molecule has 3 heterocycles. The van der Waals surface area contributed by atoms with E-state index in [4.69, 9.17) is 0 Å². The van der Waals surface area contributed by atoms with Crippen LogP contribution >= 0.6 is 11.3 Å². The molecule has 9 nitrogen and oxygen atoms in total. The Kier molecular flexibility index (Phi) is 7.92. The van der Waals surface area contributed by atoms with Gasteiger partial charge in [-0.3, -0.25) is 14.4 Å². The Hall–Kier alpha value is -3.60. The van der Waals surface area contributed by atoms with Crippen LogP contribution in [0.1, 0.15) is 62.1 Å². The van der Waals surface area contributed by atoms with Crippen LogP contribution in [-0.2, 0) is 17.8 Å². The number of aromatic nitrogens is 3. The molecule has 1 aliphatic heterocycles.